The van der Waals surface area contributed by atoms with Crippen LogP contribution in [0.25, 0.3) is 0 Å². The summed E-state index contributed by atoms with van der Waals surface area (Å²) in [6.45, 7) is 0.359. The second-order valence-corrected chi connectivity index (χ2v) is 4.88. The summed E-state index contributed by atoms with van der Waals surface area (Å²) in [5.41, 5.74) is 0.0252. The van der Waals surface area contributed by atoms with Crippen molar-refractivity contribution in [2.45, 2.75) is 6.42 Å². The highest BCUT2D eigenvalue weighted by atomic mass is 79.9. The molecule has 0 aliphatic heterocycles. The predicted molar refractivity (Wildman–Crippen MR) is 71.1 cm³/mol. The van der Waals surface area contributed by atoms with Gasteiger partial charge in [-0.25, -0.2) is 9.37 Å². The molecule has 0 fully saturated rings. The van der Waals surface area contributed by atoms with Crippen LogP contribution in [0.1, 0.15) is 16.2 Å². The first-order valence-corrected chi connectivity index (χ1v) is 6.43. The van der Waals surface area contributed by atoms with E-state index < -0.39 is 11.7 Å². The summed E-state index contributed by atoms with van der Waals surface area (Å²) in [6.07, 6.45) is 2.09. The van der Waals surface area contributed by atoms with Crippen molar-refractivity contribution in [2.75, 3.05) is 6.54 Å². The molecule has 100 valence electrons. The highest BCUT2D eigenvalue weighted by Crippen LogP contribution is 2.15. The third-order valence-electron chi connectivity index (χ3n) is 2.46. The molecule has 2 rings (SSSR count). The summed E-state index contributed by atoms with van der Waals surface area (Å²) in [4.78, 5) is 15.8. The molecule has 1 amide bonds. The average Bonchev–Trinajstić information content (AvgIpc) is 2.75. The number of rotatable bonds is 4. The maximum atomic E-state index is 13.5. The Morgan fingerprint density at radius 1 is 1.53 bits per heavy atom. The SMILES string of the molecule is Cn1cnc(CCNC(=O)c2ccc(Br)cc2F)n1. The number of nitrogens with zero attached hydrogens (tertiary/aromatic N) is 3. The summed E-state index contributed by atoms with van der Waals surface area (Å²) in [6, 6.07) is 4.32. The molecule has 0 bridgehead atoms. The van der Waals surface area contributed by atoms with Crippen molar-refractivity contribution >= 4 is 21.8 Å². The molecule has 2 aromatic rings. The van der Waals surface area contributed by atoms with E-state index in [0.717, 1.165) is 0 Å². The lowest BCUT2D eigenvalue weighted by Gasteiger charge is -2.05. The van der Waals surface area contributed by atoms with Gasteiger partial charge in [-0.2, -0.15) is 5.10 Å². The van der Waals surface area contributed by atoms with Crippen molar-refractivity contribution in [1.29, 1.82) is 0 Å². The van der Waals surface area contributed by atoms with Crippen molar-refractivity contribution in [3.63, 3.8) is 0 Å². The Balaban J connectivity index is 1.90. The first-order chi connectivity index (χ1) is 9.06. The zero-order valence-corrected chi connectivity index (χ0v) is 11.8. The minimum atomic E-state index is -0.553. The van der Waals surface area contributed by atoms with Crippen molar-refractivity contribution in [2.24, 2.45) is 7.05 Å². The van der Waals surface area contributed by atoms with Gasteiger partial charge >= 0.3 is 0 Å². The normalized spacial score (nSPS) is 10.5. The Labute approximate surface area is 118 Å². The molecule has 0 saturated heterocycles. The number of aryl methyl sites for hydroxylation is 1. The summed E-state index contributed by atoms with van der Waals surface area (Å²) >= 11 is 3.14. The molecule has 0 unspecified atom stereocenters. The van der Waals surface area contributed by atoms with Crippen LogP contribution in [0.5, 0.6) is 0 Å². The molecule has 0 radical (unpaired) electrons. The van der Waals surface area contributed by atoms with E-state index in [0.29, 0.717) is 23.3 Å². The first kappa shape index (κ1) is 13.7. The maximum Gasteiger partial charge on any atom is 0.254 e. The van der Waals surface area contributed by atoms with Gasteiger partial charge in [0.05, 0.1) is 5.56 Å². The average molecular weight is 327 g/mol. The molecule has 0 spiro atoms. The number of benzene rings is 1. The van der Waals surface area contributed by atoms with Gasteiger partial charge in [-0.3, -0.25) is 9.48 Å². The van der Waals surface area contributed by atoms with Crippen molar-refractivity contribution in [3.8, 4) is 0 Å². The van der Waals surface area contributed by atoms with E-state index in [9.17, 15) is 9.18 Å². The fourth-order valence-electron chi connectivity index (χ4n) is 1.56. The number of halogens is 2. The van der Waals surface area contributed by atoms with Crippen LogP contribution in [-0.4, -0.2) is 27.2 Å². The van der Waals surface area contributed by atoms with Crippen LogP contribution >= 0.6 is 15.9 Å². The fraction of sp³-hybridized carbons (Fsp3) is 0.250. The quantitative estimate of drug-likeness (QED) is 0.930. The molecule has 0 aliphatic carbocycles. The fourth-order valence-corrected chi connectivity index (χ4v) is 1.89. The van der Waals surface area contributed by atoms with Crippen molar-refractivity contribution < 1.29 is 9.18 Å². The number of hydrogen-bond donors (Lipinski definition) is 1. The summed E-state index contributed by atoms with van der Waals surface area (Å²) in [7, 11) is 1.77. The molecule has 0 atom stereocenters. The zero-order valence-electron chi connectivity index (χ0n) is 10.2. The molecule has 7 heteroatoms. The number of hydrogen-bond acceptors (Lipinski definition) is 3. The Kier molecular flexibility index (Phi) is 4.26. The van der Waals surface area contributed by atoms with Crippen LogP contribution in [0.15, 0.2) is 29.0 Å². The second kappa shape index (κ2) is 5.92. The number of nitrogens with one attached hydrogen (secondary N) is 1. The zero-order chi connectivity index (χ0) is 13.8. The lowest BCUT2D eigenvalue weighted by atomic mass is 10.2. The number of amides is 1. The van der Waals surface area contributed by atoms with Gasteiger partial charge in [-0.15, -0.1) is 0 Å². The number of carbonyl (C=O) groups is 1. The monoisotopic (exact) mass is 326 g/mol. The third-order valence-corrected chi connectivity index (χ3v) is 2.95. The van der Waals surface area contributed by atoms with Crippen LogP contribution in [0.4, 0.5) is 4.39 Å². The van der Waals surface area contributed by atoms with Crippen molar-refractivity contribution in [3.05, 3.63) is 46.2 Å². The van der Waals surface area contributed by atoms with Gasteiger partial charge in [0.25, 0.3) is 5.91 Å². The Hall–Kier alpha value is -1.76. The predicted octanol–water partition coefficient (Wildman–Crippen LogP) is 1.69. The van der Waals surface area contributed by atoms with E-state index >= 15 is 0 Å². The van der Waals surface area contributed by atoms with E-state index in [1.165, 1.54) is 12.1 Å². The van der Waals surface area contributed by atoms with Gasteiger partial charge in [0.2, 0.25) is 0 Å². The van der Waals surface area contributed by atoms with Gasteiger partial charge < -0.3 is 5.32 Å². The molecular weight excluding hydrogens is 315 g/mol. The smallest absolute Gasteiger partial charge is 0.254 e. The Morgan fingerprint density at radius 3 is 2.95 bits per heavy atom. The minimum absolute atomic E-state index is 0.0252. The van der Waals surface area contributed by atoms with Crippen LogP contribution in [0.3, 0.4) is 0 Å². The molecular formula is C12H12BrFN4O. The van der Waals surface area contributed by atoms with Gasteiger partial charge in [-0.05, 0) is 18.2 Å². The van der Waals surface area contributed by atoms with Crippen LogP contribution in [0, 0.1) is 5.82 Å². The lowest BCUT2D eigenvalue weighted by Crippen LogP contribution is -2.26. The molecule has 1 aromatic heterocycles. The largest absolute Gasteiger partial charge is 0.351 e. The molecule has 5 nitrogen and oxygen atoms in total. The van der Waals surface area contributed by atoms with E-state index in [1.807, 2.05) is 0 Å². The third kappa shape index (κ3) is 3.60. The van der Waals surface area contributed by atoms with Crippen LogP contribution in [-0.2, 0) is 13.5 Å². The highest BCUT2D eigenvalue weighted by molar-refractivity contribution is 9.10. The van der Waals surface area contributed by atoms with E-state index in [4.69, 9.17) is 0 Å². The summed E-state index contributed by atoms with van der Waals surface area (Å²) < 4.78 is 15.7. The molecule has 19 heavy (non-hydrogen) atoms. The molecule has 1 N–H and O–H groups in total. The Morgan fingerprint density at radius 2 is 2.32 bits per heavy atom. The van der Waals surface area contributed by atoms with Gasteiger partial charge in [0, 0.05) is 24.5 Å². The standard InChI is InChI=1S/C12H12BrFN4O/c1-18-7-16-11(17-18)4-5-15-12(19)9-3-2-8(13)6-10(9)14/h2-3,6-7H,4-5H2,1H3,(H,15,19). The maximum absolute atomic E-state index is 13.5. The molecule has 0 aliphatic rings. The molecule has 1 aromatic carbocycles. The Bertz CT molecular complexity index is 599. The van der Waals surface area contributed by atoms with E-state index in [-0.39, 0.29) is 5.56 Å². The number of carbonyl (C=O) groups excluding carboxylic acids is 1. The van der Waals surface area contributed by atoms with Crippen molar-refractivity contribution in [1.82, 2.24) is 20.1 Å². The minimum Gasteiger partial charge on any atom is -0.351 e. The van der Waals surface area contributed by atoms with E-state index in [2.05, 4.69) is 31.3 Å². The van der Waals surface area contributed by atoms with Gasteiger partial charge in [0.1, 0.15) is 12.1 Å². The highest BCUT2D eigenvalue weighted by Gasteiger charge is 2.11. The van der Waals surface area contributed by atoms with Gasteiger partial charge in [-0.1, -0.05) is 15.9 Å². The molecule has 1 heterocycles. The lowest BCUT2D eigenvalue weighted by molar-refractivity contribution is 0.0950. The molecule has 0 saturated carbocycles. The number of aromatic nitrogens is 3. The summed E-state index contributed by atoms with van der Waals surface area (Å²) in [5.74, 6) is -0.358. The van der Waals surface area contributed by atoms with E-state index in [1.54, 1.807) is 24.1 Å². The van der Waals surface area contributed by atoms with Crippen LogP contribution in [0.2, 0.25) is 0 Å². The second-order valence-electron chi connectivity index (χ2n) is 3.96. The van der Waals surface area contributed by atoms with Crippen LogP contribution < -0.4 is 5.32 Å². The van der Waals surface area contributed by atoms with Gasteiger partial charge in [0.15, 0.2) is 5.82 Å². The topological polar surface area (TPSA) is 59.8 Å². The first-order valence-electron chi connectivity index (χ1n) is 5.64. The summed E-state index contributed by atoms with van der Waals surface area (Å²) in [5, 5.41) is 6.72.